The highest BCUT2D eigenvalue weighted by Crippen LogP contribution is 2.12. The molecule has 0 aliphatic carbocycles. The van der Waals surface area contributed by atoms with Gasteiger partial charge in [0.15, 0.2) is 5.82 Å². The summed E-state index contributed by atoms with van der Waals surface area (Å²) in [4.78, 5) is 27.3. The Bertz CT molecular complexity index is 836. The number of urea groups is 1. The maximum Gasteiger partial charge on any atom is 0.317 e. The lowest BCUT2D eigenvalue weighted by atomic mass is 10.3. The summed E-state index contributed by atoms with van der Waals surface area (Å²) in [5.41, 5.74) is 0.560. The van der Waals surface area contributed by atoms with Crippen LogP contribution in [0.2, 0.25) is 0 Å². The normalized spacial score (nSPS) is 14.6. The summed E-state index contributed by atoms with van der Waals surface area (Å²) in [5.74, 6) is -0.0805. The number of rotatable bonds is 7. The van der Waals surface area contributed by atoms with Gasteiger partial charge >= 0.3 is 12.0 Å². The van der Waals surface area contributed by atoms with E-state index < -0.39 is 0 Å². The number of carbonyl (C=O) groups excluding carboxylic acids is 2. The fraction of sp³-hybridized carbons (Fsp3) is 0.500. The summed E-state index contributed by atoms with van der Waals surface area (Å²) in [6, 6.07) is 5.89. The molecule has 1 fully saturated rings. The average Bonchev–Trinajstić information content (AvgIpc) is 3.17. The molecule has 11 heteroatoms. The lowest BCUT2D eigenvalue weighted by molar-refractivity contribution is -0.142. The number of ether oxygens (including phenoxy) is 1. The number of benzene rings is 1. The number of esters is 1. The van der Waals surface area contributed by atoms with Crippen molar-refractivity contribution in [2.75, 3.05) is 39.3 Å². The van der Waals surface area contributed by atoms with Gasteiger partial charge in [-0.1, -0.05) is 6.07 Å². The predicted octanol–water partition coefficient (Wildman–Crippen LogP) is 0.582. The number of tetrazole rings is 1. The van der Waals surface area contributed by atoms with Crippen LogP contribution in [0.4, 0.5) is 9.18 Å². The van der Waals surface area contributed by atoms with E-state index in [0.717, 1.165) is 0 Å². The smallest absolute Gasteiger partial charge is 0.317 e. The van der Waals surface area contributed by atoms with Crippen LogP contribution in [0.15, 0.2) is 24.3 Å². The molecule has 1 aromatic heterocycles. The van der Waals surface area contributed by atoms with Crippen LogP contribution in [-0.4, -0.2) is 81.3 Å². The number of hydrogen-bond donors (Lipinski definition) is 1. The first-order valence-corrected chi connectivity index (χ1v) is 9.50. The Morgan fingerprint density at radius 3 is 2.76 bits per heavy atom. The Hall–Kier alpha value is -3.08. The molecule has 0 radical (unpaired) electrons. The lowest BCUT2D eigenvalue weighted by Crippen LogP contribution is -2.51. The number of nitrogens with zero attached hydrogens (tertiary/aromatic N) is 6. The second kappa shape index (κ2) is 9.92. The van der Waals surface area contributed by atoms with Crippen LogP contribution in [0.5, 0.6) is 0 Å². The molecule has 29 heavy (non-hydrogen) atoms. The van der Waals surface area contributed by atoms with Gasteiger partial charge in [-0.3, -0.25) is 9.69 Å². The first-order valence-electron chi connectivity index (χ1n) is 9.50. The third-order valence-electron chi connectivity index (χ3n) is 4.52. The van der Waals surface area contributed by atoms with Crippen molar-refractivity contribution in [1.82, 2.24) is 35.3 Å². The van der Waals surface area contributed by atoms with E-state index in [1.165, 1.54) is 16.8 Å². The molecular weight excluding hydrogens is 381 g/mol. The minimum atomic E-state index is -0.355. The summed E-state index contributed by atoms with van der Waals surface area (Å²) in [6.45, 7) is 5.22. The molecule has 1 aromatic carbocycles. The molecule has 1 aliphatic rings. The van der Waals surface area contributed by atoms with Crippen molar-refractivity contribution >= 4 is 12.0 Å². The maximum absolute atomic E-state index is 13.5. The Morgan fingerprint density at radius 1 is 1.24 bits per heavy atom. The number of nitrogens with one attached hydrogen (secondary N) is 1. The molecule has 1 saturated heterocycles. The number of piperazine rings is 1. The third kappa shape index (κ3) is 5.70. The summed E-state index contributed by atoms with van der Waals surface area (Å²) in [5, 5.41) is 14.4. The van der Waals surface area contributed by atoms with E-state index in [4.69, 9.17) is 4.74 Å². The molecule has 0 saturated carbocycles. The molecule has 1 aliphatic heterocycles. The van der Waals surface area contributed by atoms with Crippen LogP contribution in [0.1, 0.15) is 19.2 Å². The minimum absolute atomic E-state index is 0.155. The van der Waals surface area contributed by atoms with Crippen molar-refractivity contribution in [3.8, 4) is 5.69 Å². The molecule has 1 N–H and O–H groups in total. The maximum atomic E-state index is 13.5. The van der Waals surface area contributed by atoms with Gasteiger partial charge in [0.25, 0.3) is 0 Å². The molecule has 0 atom stereocenters. The van der Waals surface area contributed by atoms with Crippen molar-refractivity contribution in [3.63, 3.8) is 0 Å². The fourth-order valence-electron chi connectivity index (χ4n) is 3.04. The summed E-state index contributed by atoms with van der Waals surface area (Å²) in [6.07, 6.45) is 0.155. The van der Waals surface area contributed by atoms with Gasteiger partial charge < -0.3 is 15.0 Å². The van der Waals surface area contributed by atoms with E-state index >= 15 is 0 Å². The summed E-state index contributed by atoms with van der Waals surface area (Å²) >= 11 is 0. The average molecular weight is 405 g/mol. The van der Waals surface area contributed by atoms with Crippen molar-refractivity contribution in [2.24, 2.45) is 0 Å². The highest BCUT2D eigenvalue weighted by atomic mass is 19.1. The third-order valence-corrected chi connectivity index (χ3v) is 4.52. The van der Waals surface area contributed by atoms with Gasteiger partial charge in [0.05, 0.1) is 25.3 Å². The molecule has 10 nitrogen and oxygen atoms in total. The van der Waals surface area contributed by atoms with E-state index in [1.807, 2.05) is 0 Å². The van der Waals surface area contributed by atoms with Gasteiger partial charge in [0.2, 0.25) is 0 Å². The predicted molar refractivity (Wildman–Crippen MR) is 101 cm³/mol. The number of aromatic nitrogens is 4. The number of carbonyl (C=O) groups is 2. The van der Waals surface area contributed by atoms with Crippen molar-refractivity contribution in [2.45, 2.75) is 19.9 Å². The second-order valence-corrected chi connectivity index (χ2v) is 6.54. The van der Waals surface area contributed by atoms with Crippen LogP contribution in [-0.2, 0) is 16.1 Å². The van der Waals surface area contributed by atoms with Gasteiger partial charge in [-0.2, -0.15) is 4.68 Å². The molecule has 0 spiro atoms. The Morgan fingerprint density at radius 2 is 2.03 bits per heavy atom. The summed E-state index contributed by atoms with van der Waals surface area (Å²) < 4.78 is 19.8. The molecule has 3 rings (SSSR count). The zero-order valence-corrected chi connectivity index (χ0v) is 16.3. The van der Waals surface area contributed by atoms with E-state index in [-0.39, 0.29) is 30.8 Å². The topological polar surface area (TPSA) is 105 Å². The van der Waals surface area contributed by atoms with E-state index in [0.29, 0.717) is 50.8 Å². The monoisotopic (exact) mass is 405 g/mol. The van der Waals surface area contributed by atoms with Crippen LogP contribution >= 0.6 is 0 Å². The first-order chi connectivity index (χ1) is 14.1. The first kappa shape index (κ1) is 20.6. The van der Waals surface area contributed by atoms with Crippen LogP contribution in [0.25, 0.3) is 5.69 Å². The van der Waals surface area contributed by atoms with Crippen LogP contribution in [0, 0.1) is 5.82 Å². The zero-order valence-electron chi connectivity index (χ0n) is 16.3. The van der Waals surface area contributed by atoms with Gasteiger partial charge in [0.1, 0.15) is 5.82 Å². The molecule has 156 valence electrons. The molecule has 2 aromatic rings. The van der Waals surface area contributed by atoms with Crippen molar-refractivity contribution in [3.05, 3.63) is 35.9 Å². The number of halogens is 1. The van der Waals surface area contributed by atoms with E-state index in [1.54, 1.807) is 24.0 Å². The van der Waals surface area contributed by atoms with Gasteiger partial charge in [-0.15, -0.1) is 5.10 Å². The number of hydrogen-bond acceptors (Lipinski definition) is 7. The SMILES string of the molecule is CCOC(=O)CCNC(=O)N1CCN(Cc2nnnn2-c2cccc(F)c2)CC1. The van der Waals surface area contributed by atoms with Crippen molar-refractivity contribution in [1.29, 1.82) is 0 Å². The highest BCUT2D eigenvalue weighted by molar-refractivity contribution is 5.75. The quantitative estimate of drug-likeness (QED) is 0.672. The van der Waals surface area contributed by atoms with E-state index in [2.05, 4.69) is 25.7 Å². The molecule has 0 bridgehead atoms. The lowest BCUT2D eigenvalue weighted by Gasteiger charge is -2.34. The van der Waals surface area contributed by atoms with Crippen molar-refractivity contribution < 1.29 is 18.7 Å². The van der Waals surface area contributed by atoms with E-state index in [9.17, 15) is 14.0 Å². The standard InChI is InChI=1S/C18H24FN7O3/c1-2-29-17(27)6-7-20-18(28)25-10-8-24(9-11-25)13-16-21-22-23-26(16)15-5-3-4-14(19)12-15/h3-5,12H,2,6-11,13H2,1H3,(H,20,28). The van der Waals surface area contributed by atoms with Crippen LogP contribution in [0.3, 0.4) is 0 Å². The molecular formula is C18H24FN7O3. The van der Waals surface area contributed by atoms with Gasteiger partial charge in [-0.05, 0) is 35.5 Å². The van der Waals surface area contributed by atoms with Gasteiger partial charge in [-0.25, -0.2) is 9.18 Å². The second-order valence-electron chi connectivity index (χ2n) is 6.54. The highest BCUT2D eigenvalue weighted by Gasteiger charge is 2.23. The Labute approximate surface area is 167 Å². The minimum Gasteiger partial charge on any atom is -0.466 e. The number of amides is 2. The largest absolute Gasteiger partial charge is 0.466 e. The Kier molecular flexibility index (Phi) is 7.06. The molecule has 0 unspecified atom stereocenters. The fourth-order valence-corrected chi connectivity index (χ4v) is 3.04. The molecule has 2 amide bonds. The molecule has 2 heterocycles. The van der Waals surface area contributed by atoms with Crippen LogP contribution < -0.4 is 5.32 Å². The zero-order chi connectivity index (χ0) is 20.6. The van der Waals surface area contributed by atoms with Gasteiger partial charge in [0, 0.05) is 32.7 Å². The Balaban J connectivity index is 1.47. The summed E-state index contributed by atoms with van der Waals surface area (Å²) in [7, 11) is 0.